The van der Waals surface area contributed by atoms with Crippen LogP contribution in [0, 0.1) is 5.53 Å². The van der Waals surface area contributed by atoms with Crippen molar-refractivity contribution in [3.05, 3.63) is 0 Å². The van der Waals surface area contributed by atoms with Crippen LogP contribution in [-0.2, 0) is 4.79 Å². The molecule has 0 radical (unpaired) electrons. The largest absolute Gasteiger partial charge is 0.357 e. The molecule has 1 unspecified atom stereocenters. The van der Waals surface area contributed by atoms with Crippen LogP contribution in [0.3, 0.4) is 0 Å². The van der Waals surface area contributed by atoms with Gasteiger partial charge in [0.15, 0.2) is 6.04 Å². The van der Waals surface area contributed by atoms with E-state index in [9.17, 15) is 4.79 Å². The molecule has 0 aliphatic carbocycles. The molecule has 0 rings (SSSR count). The van der Waals surface area contributed by atoms with E-state index in [4.69, 9.17) is 5.53 Å². The van der Waals surface area contributed by atoms with Crippen molar-refractivity contribution >= 4 is 17.7 Å². The highest BCUT2D eigenvalue weighted by Crippen LogP contribution is 2.00. The van der Waals surface area contributed by atoms with Gasteiger partial charge in [-0.1, -0.05) is 0 Å². The molecule has 1 amide bonds. The predicted molar refractivity (Wildman–Crippen MR) is 41.4 cm³/mol. The van der Waals surface area contributed by atoms with Crippen LogP contribution in [0.4, 0.5) is 0 Å². The molecule has 0 saturated heterocycles. The zero-order valence-corrected chi connectivity index (χ0v) is 6.86. The van der Waals surface area contributed by atoms with E-state index in [0.29, 0.717) is 5.75 Å². The molecule has 0 aromatic heterocycles. The molecule has 0 heterocycles. The third kappa shape index (κ3) is 2.82. The van der Waals surface area contributed by atoms with Crippen LogP contribution in [0.15, 0.2) is 5.11 Å². The minimum Gasteiger partial charge on any atom is -0.357 e. The molecule has 0 spiro atoms. The summed E-state index contributed by atoms with van der Waals surface area (Å²) in [6, 6.07) is -0.514. The quantitative estimate of drug-likeness (QED) is 0.589. The fraction of sp³-hybridized carbons (Fsp3) is 0.800. The molecule has 4 nitrogen and oxygen atoms in total. The van der Waals surface area contributed by atoms with Gasteiger partial charge in [0.2, 0.25) is 5.91 Å². The molecule has 58 valence electrons. The topological polar surface area (TPSA) is 65.3 Å². The molecule has 0 aromatic rings. The first-order valence-corrected chi connectivity index (χ1v) is 4.22. The van der Waals surface area contributed by atoms with Gasteiger partial charge in [-0.2, -0.15) is 16.9 Å². The first-order valence-electron chi connectivity index (χ1n) is 2.83. The number of amides is 1. The first-order chi connectivity index (χ1) is 4.76. The lowest BCUT2D eigenvalue weighted by atomic mass is 10.3. The molecule has 0 aromatic carbocycles. The molecule has 0 fully saturated rings. The summed E-state index contributed by atoms with van der Waals surface area (Å²) in [6.07, 6.45) is 1.88. The molecule has 0 saturated carbocycles. The number of carbonyl (C=O) groups excluding carboxylic acids is 1. The normalized spacial score (nSPS) is 12.2. The molecule has 5 heteroatoms. The fourth-order valence-corrected chi connectivity index (χ4v) is 1.04. The van der Waals surface area contributed by atoms with Crippen LogP contribution in [0.2, 0.25) is 0 Å². The van der Waals surface area contributed by atoms with E-state index < -0.39 is 6.04 Å². The summed E-state index contributed by atoms with van der Waals surface area (Å²) in [6.45, 7) is 0. The number of likely N-dealkylation sites (N-methyl/N-ethyl adjacent to an activating group) is 1. The molecule has 0 bridgehead atoms. The molecule has 1 atom stereocenters. The van der Waals surface area contributed by atoms with Gasteiger partial charge >= 0.3 is 0 Å². The molecule has 2 N–H and O–H groups in total. The highest BCUT2D eigenvalue weighted by molar-refractivity contribution is 7.98. The number of nitrogens with zero attached hydrogens (tertiary/aromatic N) is 1. The van der Waals surface area contributed by atoms with Gasteiger partial charge in [0.05, 0.1) is 0 Å². The number of rotatable bonds is 4. The summed E-state index contributed by atoms with van der Waals surface area (Å²) in [5.74, 6) is 0.382. The zero-order valence-electron chi connectivity index (χ0n) is 6.05. The zero-order chi connectivity index (χ0) is 7.98. The highest BCUT2D eigenvalue weighted by atomic mass is 32.2. The van der Waals surface area contributed by atoms with Gasteiger partial charge in [0.25, 0.3) is 0 Å². The minimum atomic E-state index is -0.514. The van der Waals surface area contributed by atoms with Crippen molar-refractivity contribution < 1.29 is 4.79 Å². The van der Waals surface area contributed by atoms with Crippen LogP contribution in [0.25, 0.3) is 0 Å². The molecule has 10 heavy (non-hydrogen) atoms. The lowest BCUT2D eigenvalue weighted by Gasteiger charge is -2.05. The van der Waals surface area contributed by atoms with Crippen LogP contribution in [-0.4, -0.2) is 31.0 Å². The van der Waals surface area contributed by atoms with E-state index in [0.717, 1.165) is 0 Å². The average Bonchev–Trinajstić information content (AvgIpc) is 1.99. The molecular formula is C5H11N3OS. The Morgan fingerprint density at radius 1 is 1.90 bits per heavy atom. The molecular weight excluding hydrogens is 150 g/mol. The maximum absolute atomic E-state index is 10.8. The Morgan fingerprint density at radius 2 is 2.50 bits per heavy atom. The lowest BCUT2D eigenvalue weighted by Crippen LogP contribution is -2.31. The average molecular weight is 161 g/mol. The Kier molecular flexibility index (Phi) is 4.92. The number of hydrogen-bond acceptors (Lipinski definition) is 4. The summed E-state index contributed by atoms with van der Waals surface area (Å²) < 4.78 is 0. The van der Waals surface area contributed by atoms with E-state index in [1.165, 1.54) is 11.8 Å². The van der Waals surface area contributed by atoms with E-state index in [-0.39, 0.29) is 5.91 Å². The number of carbonyl (C=O) groups is 1. The van der Waals surface area contributed by atoms with Gasteiger partial charge in [0.1, 0.15) is 0 Å². The van der Waals surface area contributed by atoms with E-state index in [1.54, 1.807) is 7.05 Å². The second-order valence-corrected chi connectivity index (χ2v) is 2.63. The SMILES string of the molecule is CNC(=O)C(CSC)N=N. The summed E-state index contributed by atoms with van der Waals surface area (Å²) >= 11 is 1.50. The maximum atomic E-state index is 10.8. The predicted octanol–water partition coefficient (Wildman–Crippen LogP) is 0.495. The Bertz CT molecular complexity index is 128. The van der Waals surface area contributed by atoms with Crippen molar-refractivity contribution in [2.45, 2.75) is 6.04 Å². The number of nitrogens with one attached hydrogen (secondary N) is 2. The van der Waals surface area contributed by atoms with E-state index in [1.807, 2.05) is 6.26 Å². The fourth-order valence-electron chi connectivity index (χ4n) is 0.496. The second-order valence-electron chi connectivity index (χ2n) is 1.71. The number of thioether (sulfide) groups is 1. The summed E-state index contributed by atoms with van der Waals surface area (Å²) in [4.78, 5) is 10.8. The third-order valence-electron chi connectivity index (χ3n) is 1.03. The van der Waals surface area contributed by atoms with E-state index >= 15 is 0 Å². The standard InChI is InChI=1S/C5H11N3OS/c1-7-5(9)4(8-6)3-10-2/h4,6H,3H2,1-2H3,(H,7,9). The van der Waals surface area contributed by atoms with Crippen molar-refractivity contribution in [2.24, 2.45) is 5.11 Å². The van der Waals surface area contributed by atoms with Crippen molar-refractivity contribution in [3.8, 4) is 0 Å². The van der Waals surface area contributed by atoms with Crippen molar-refractivity contribution in [1.29, 1.82) is 5.53 Å². The number of hydrogen-bond donors (Lipinski definition) is 2. The van der Waals surface area contributed by atoms with Crippen molar-refractivity contribution in [2.75, 3.05) is 19.1 Å². The summed E-state index contributed by atoms with van der Waals surface area (Å²) in [5, 5.41) is 5.60. The summed E-state index contributed by atoms with van der Waals surface area (Å²) in [5.41, 5.74) is 6.65. The summed E-state index contributed by atoms with van der Waals surface area (Å²) in [7, 11) is 1.54. The van der Waals surface area contributed by atoms with Crippen LogP contribution in [0.1, 0.15) is 0 Å². The molecule has 0 aliphatic heterocycles. The molecule has 0 aliphatic rings. The third-order valence-corrected chi connectivity index (χ3v) is 1.68. The lowest BCUT2D eigenvalue weighted by molar-refractivity contribution is -0.121. The highest BCUT2D eigenvalue weighted by Gasteiger charge is 2.13. The monoisotopic (exact) mass is 161 g/mol. The van der Waals surface area contributed by atoms with Gasteiger partial charge in [-0.25, -0.2) is 5.53 Å². The van der Waals surface area contributed by atoms with Gasteiger partial charge in [-0.3, -0.25) is 4.79 Å². The van der Waals surface area contributed by atoms with Crippen molar-refractivity contribution in [3.63, 3.8) is 0 Å². The van der Waals surface area contributed by atoms with Gasteiger partial charge in [-0.05, 0) is 6.26 Å². The minimum absolute atomic E-state index is 0.190. The Hall–Kier alpha value is -0.580. The van der Waals surface area contributed by atoms with Gasteiger partial charge in [-0.15, -0.1) is 0 Å². The van der Waals surface area contributed by atoms with Gasteiger partial charge < -0.3 is 5.32 Å². The Balaban J connectivity index is 3.80. The van der Waals surface area contributed by atoms with Gasteiger partial charge in [0, 0.05) is 12.8 Å². The van der Waals surface area contributed by atoms with Crippen LogP contribution < -0.4 is 5.32 Å². The Morgan fingerprint density at radius 3 is 2.80 bits per heavy atom. The van der Waals surface area contributed by atoms with Crippen LogP contribution in [0.5, 0.6) is 0 Å². The Labute approximate surface area is 64.3 Å². The first kappa shape index (κ1) is 9.42. The smallest absolute Gasteiger partial charge is 0.247 e. The second kappa shape index (κ2) is 5.22. The van der Waals surface area contributed by atoms with E-state index in [2.05, 4.69) is 10.4 Å². The van der Waals surface area contributed by atoms with Crippen molar-refractivity contribution in [1.82, 2.24) is 5.32 Å². The maximum Gasteiger partial charge on any atom is 0.247 e. The van der Waals surface area contributed by atoms with Crippen LogP contribution >= 0.6 is 11.8 Å².